The predicted molar refractivity (Wildman–Crippen MR) is 185 cm³/mol. The molecule has 4 unspecified atom stereocenters. The second-order valence-corrected chi connectivity index (χ2v) is 11.7. The van der Waals surface area contributed by atoms with Gasteiger partial charge < -0.3 is 30.4 Å². The number of carboxylic acids is 1. The molecule has 47 heavy (non-hydrogen) atoms. The Balaban J connectivity index is 0.000000644. The molecule has 11 heteroatoms. The lowest BCUT2D eigenvalue weighted by Crippen LogP contribution is -2.28. The van der Waals surface area contributed by atoms with Crippen LogP contribution in [-0.2, 0) is 28.7 Å². The van der Waals surface area contributed by atoms with Crippen molar-refractivity contribution in [3.8, 4) is 5.75 Å². The van der Waals surface area contributed by atoms with Crippen LogP contribution in [0.15, 0.2) is 60.7 Å². The van der Waals surface area contributed by atoms with Crippen molar-refractivity contribution in [2.45, 2.75) is 92.5 Å². The van der Waals surface area contributed by atoms with Gasteiger partial charge >= 0.3 is 11.9 Å². The third-order valence-corrected chi connectivity index (χ3v) is 6.84. The Morgan fingerprint density at radius 3 is 2.17 bits per heavy atom. The van der Waals surface area contributed by atoms with Gasteiger partial charge in [0.2, 0.25) is 11.8 Å². The molecule has 1 aliphatic rings. The first-order chi connectivity index (χ1) is 22.2. The average Bonchev–Trinajstić information content (AvgIpc) is 3.81. The zero-order chi connectivity index (χ0) is 35.9. The Morgan fingerprint density at radius 2 is 1.72 bits per heavy atom. The molecule has 1 saturated heterocycles. The topological polar surface area (TPSA) is 158 Å². The summed E-state index contributed by atoms with van der Waals surface area (Å²) in [4.78, 5) is 41.9. The van der Waals surface area contributed by atoms with Gasteiger partial charge in [0.05, 0.1) is 18.2 Å². The Kier molecular flexibility index (Phi) is 22.3. The predicted octanol–water partition coefficient (Wildman–Crippen LogP) is 6.82. The van der Waals surface area contributed by atoms with Crippen molar-refractivity contribution in [1.29, 1.82) is 0 Å². The molecular weight excluding hydrogens is 624 g/mol. The molecule has 1 heterocycles. The normalized spacial score (nSPS) is 15.7. The van der Waals surface area contributed by atoms with Crippen molar-refractivity contribution in [2.24, 2.45) is 17.6 Å². The van der Waals surface area contributed by atoms with Crippen LogP contribution in [-0.4, -0.2) is 54.7 Å². The number of aliphatic carboxylic acids is 1. The van der Waals surface area contributed by atoms with Crippen LogP contribution in [0.25, 0.3) is 0 Å². The van der Waals surface area contributed by atoms with E-state index in [0.717, 1.165) is 30.7 Å². The van der Waals surface area contributed by atoms with E-state index in [2.05, 4.69) is 24.4 Å². The molecule has 0 saturated carbocycles. The van der Waals surface area contributed by atoms with Gasteiger partial charge in [0.15, 0.2) is 6.10 Å². The smallest absolute Gasteiger partial charge is 0.345 e. The molecule has 2 aromatic rings. The summed E-state index contributed by atoms with van der Waals surface area (Å²) in [6.07, 6.45) is 5.28. The van der Waals surface area contributed by atoms with Crippen LogP contribution in [0.2, 0.25) is 5.02 Å². The largest absolute Gasteiger partial charge is 0.495 e. The Labute approximate surface area is 285 Å². The van der Waals surface area contributed by atoms with Crippen molar-refractivity contribution in [2.75, 3.05) is 13.7 Å². The number of carboxylic acid groups (broad SMARTS) is 1. The van der Waals surface area contributed by atoms with Gasteiger partial charge in [0, 0.05) is 19.9 Å². The molecule has 2 amide bonds. The first-order valence-corrected chi connectivity index (χ1v) is 16.2. The van der Waals surface area contributed by atoms with Crippen LogP contribution in [0.1, 0.15) is 84.5 Å². The minimum absolute atomic E-state index is 0.0394. The van der Waals surface area contributed by atoms with Crippen molar-refractivity contribution in [3.05, 3.63) is 76.8 Å². The first kappa shape index (κ1) is 43.1. The minimum Gasteiger partial charge on any atom is -0.495 e. The highest BCUT2D eigenvalue weighted by molar-refractivity contribution is 6.32. The van der Waals surface area contributed by atoms with E-state index < -0.39 is 18.0 Å². The maximum Gasteiger partial charge on any atom is 0.345 e. The summed E-state index contributed by atoms with van der Waals surface area (Å²) in [5.74, 6) is -0.459. The first-order valence-electron chi connectivity index (χ1n) is 15.8. The number of aryl methyl sites for hydroxylation is 1. The lowest BCUT2D eigenvalue weighted by molar-refractivity contribution is -0.164. The third kappa shape index (κ3) is 20.8. The number of esters is 1. The number of carbonyl (C=O) groups is 4. The fourth-order valence-corrected chi connectivity index (χ4v) is 4.39. The van der Waals surface area contributed by atoms with E-state index in [9.17, 15) is 19.2 Å². The minimum atomic E-state index is -1.07. The van der Waals surface area contributed by atoms with Crippen LogP contribution < -0.4 is 15.8 Å². The van der Waals surface area contributed by atoms with Crippen LogP contribution in [0.3, 0.4) is 0 Å². The number of nitrogens with one attached hydrogen (secondary N) is 1. The van der Waals surface area contributed by atoms with E-state index in [-0.39, 0.29) is 30.3 Å². The SMILES string of the molecule is CC(CC/C=C/C(N)=O)C1OC1c1ccccc1.CCC(=O)OC(CC(C)C)C(=O)O.CCNC(C)=O.COc1ccc(C)cc1Cl. The summed E-state index contributed by atoms with van der Waals surface area (Å²) in [5, 5.41) is 11.9. The van der Waals surface area contributed by atoms with Crippen LogP contribution in [0.5, 0.6) is 5.75 Å². The average molecular weight is 677 g/mol. The number of ether oxygens (including phenoxy) is 3. The summed E-state index contributed by atoms with van der Waals surface area (Å²) in [6, 6.07) is 16.0. The zero-order valence-electron chi connectivity index (χ0n) is 29.0. The van der Waals surface area contributed by atoms with E-state index in [1.165, 1.54) is 18.6 Å². The number of carbonyl (C=O) groups excluding carboxylic acids is 3. The molecule has 1 aliphatic heterocycles. The summed E-state index contributed by atoms with van der Waals surface area (Å²) >= 11 is 5.80. The van der Waals surface area contributed by atoms with Gasteiger partial charge in [-0.2, -0.15) is 0 Å². The molecular formula is C36H53ClN2O8. The second-order valence-electron chi connectivity index (χ2n) is 11.3. The highest BCUT2D eigenvalue weighted by Gasteiger charge is 2.43. The van der Waals surface area contributed by atoms with Crippen LogP contribution in [0, 0.1) is 18.8 Å². The van der Waals surface area contributed by atoms with E-state index >= 15 is 0 Å². The molecule has 4 atom stereocenters. The molecule has 0 radical (unpaired) electrons. The molecule has 262 valence electrons. The number of allylic oxidation sites excluding steroid dienone is 1. The van der Waals surface area contributed by atoms with Crippen LogP contribution in [0.4, 0.5) is 0 Å². The highest BCUT2D eigenvalue weighted by atomic mass is 35.5. The maximum absolute atomic E-state index is 10.8. The van der Waals surface area contributed by atoms with Crippen molar-refractivity contribution in [3.63, 3.8) is 0 Å². The lowest BCUT2D eigenvalue weighted by Gasteiger charge is -2.14. The number of primary amides is 1. The van der Waals surface area contributed by atoms with Gasteiger partial charge in [-0.05, 0) is 74.3 Å². The molecule has 0 bridgehead atoms. The number of halogens is 1. The van der Waals surface area contributed by atoms with Crippen molar-refractivity contribution < 1.29 is 38.5 Å². The number of hydrogen-bond acceptors (Lipinski definition) is 7. The number of epoxide rings is 1. The van der Waals surface area contributed by atoms with Gasteiger partial charge in [-0.3, -0.25) is 14.4 Å². The maximum atomic E-state index is 10.8. The van der Waals surface area contributed by atoms with Gasteiger partial charge in [-0.15, -0.1) is 0 Å². The number of benzene rings is 2. The van der Waals surface area contributed by atoms with E-state index in [1.807, 2.05) is 70.2 Å². The van der Waals surface area contributed by atoms with Crippen molar-refractivity contribution >= 4 is 35.4 Å². The molecule has 10 nitrogen and oxygen atoms in total. The fourth-order valence-electron chi connectivity index (χ4n) is 4.08. The number of hydrogen-bond donors (Lipinski definition) is 3. The van der Waals surface area contributed by atoms with E-state index in [1.54, 1.807) is 14.0 Å². The fraction of sp³-hybridized carbons (Fsp3) is 0.500. The standard InChI is InChI=1S/C15H19NO2.C9H16O4.C8H9ClO.C4H9NO/c1-11(7-5-6-10-13(16)17)14-15(18-14)12-8-3-2-4-9-12;1-4-8(10)13-7(9(11)12)5-6(2)3;1-6-3-4-8(10-2)7(9)5-6;1-3-5-4(2)6/h2-4,6,8-11,14-15H,5,7H2,1H3,(H2,16,17);6-7H,4-5H2,1-3H3,(H,11,12);3-5H,1-2H3;3H2,1-2H3,(H,5,6)/b10-6+;;;. The number of methoxy groups -OCH3 is 1. The molecule has 2 aromatic carbocycles. The molecule has 4 N–H and O–H groups in total. The van der Waals surface area contributed by atoms with Crippen LogP contribution >= 0.6 is 11.6 Å². The molecule has 0 spiro atoms. The van der Waals surface area contributed by atoms with E-state index in [0.29, 0.717) is 23.5 Å². The second kappa shape index (κ2) is 24.3. The zero-order valence-corrected chi connectivity index (χ0v) is 29.7. The number of rotatable bonds is 13. The summed E-state index contributed by atoms with van der Waals surface area (Å²) in [6.45, 7) is 13.7. The number of nitrogens with two attached hydrogens (primary N) is 1. The molecule has 1 fully saturated rings. The molecule has 3 rings (SSSR count). The quantitative estimate of drug-likeness (QED) is 0.118. The summed E-state index contributed by atoms with van der Waals surface area (Å²) in [7, 11) is 1.61. The summed E-state index contributed by atoms with van der Waals surface area (Å²) in [5.41, 5.74) is 7.43. The molecule has 0 aromatic heterocycles. The van der Waals surface area contributed by atoms with Crippen molar-refractivity contribution in [1.82, 2.24) is 5.32 Å². The lowest BCUT2D eigenvalue weighted by atomic mass is 9.97. The van der Waals surface area contributed by atoms with Gasteiger partial charge in [0.25, 0.3) is 0 Å². The number of amides is 2. The summed E-state index contributed by atoms with van der Waals surface area (Å²) < 4.78 is 15.4. The van der Waals surface area contributed by atoms with Gasteiger partial charge in [-0.1, -0.05) is 81.8 Å². The Hall–Kier alpha value is -3.89. The third-order valence-electron chi connectivity index (χ3n) is 6.54. The van der Waals surface area contributed by atoms with Gasteiger partial charge in [-0.25, -0.2) is 4.79 Å². The Bertz CT molecular complexity index is 1250. The highest BCUT2D eigenvalue weighted by Crippen LogP contribution is 2.44. The Morgan fingerprint density at radius 1 is 1.09 bits per heavy atom. The van der Waals surface area contributed by atoms with E-state index in [4.69, 9.17) is 36.7 Å². The van der Waals surface area contributed by atoms with Gasteiger partial charge in [0.1, 0.15) is 11.9 Å². The monoisotopic (exact) mass is 676 g/mol. The molecule has 0 aliphatic carbocycles.